The highest BCUT2D eigenvalue weighted by atomic mass is 32.2. The largest absolute Gasteiger partial charge is 0.490 e. The van der Waals surface area contributed by atoms with Gasteiger partial charge in [-0.1, -0.05) is 31.5 Å². The van der Waals surface area contributed by atoms with Gasteiger partial charge in [-0.05, 0) is 18.1 Å². The van der Waals surface area contributed by atoms with Crippen molar-refractivity contribution < 1.29 is 31.5 Å². The number of rotatable bonds is 6. The van der Waals surface area contributed by atoms with Crippen LogP contribution in [0.3, 0.4) is 0 Å². The van der Waals surface area contributed by atoms with Gasteiger partial charge in [-0.3, -0.25) is 4.31 Å². The van der Waals surface area contributed by atoms with Crippen LogP contribution in [-0.2, 0) is 21.4 Å². The Hall–Kier alpha value is -1.81. The van der Waals surface area contributed by atoms with Crippen LogP contribution in [0.25, 0.3) is 0 Å². The second kappa shape index (κ2) is 9.48. The third-order valence-corrected chi connectivity index (χ3v) is 4.02. The molecule has 0 heterocycles. The van der Waals surface area contributed by atoms with E-state index in [2.05, 4.69) is 0 Å². The van der Waals surface area contributed by atoms with Crippen molar-refractivity contribution in [1.29, 1.82) is 0 Å². The summed E-state index contributed by atoms with van der Waals surface area (Å²) >= 11 is 0. The molecule has 0 unspecified atom stereocenters. The fraction of sp³-hybridized carbons (Fsp3) is 0.500. The molecule has 0 saturated carbocycles. The van der Waals surface area contributed by atoms with Crippen LogP contribution in [0.15, 0.2) is 24.3 Å². The number of hydrogen-bond donors (Lipinski definition) is 2. The van der Waals surface area contributed by atoms with Crippen LogP contribution in [0.2, 0.25) is 0 Å². The molecule has 1 aromatic carbocycles. The minimum atomic E-state index is -5.08. The first-order valence-corrected chi connectivity index (χ1v) is 8.85. The van der Waals surface area contributed by atoms with Crippen LogP contribution in [0.5, 0.6) is 0 Å². The number of benzene rings is 1. The molecular weight excluding hydrogens is 349 g/mol. The molecule has 0 aromatic heterocycles. The molecule has 0 fully saturated rings. The minimum Gasteiger partial charge on any atom is -0.475 e. The van der Waals surface area contributed by atoms with Crippen molar-refractivity contribution in [2.45, 2.75) is 32.5 Å². The topological polar surface area (TPSA) is 101 Å². The summed E-state index contributed by atoms with van der Waals surface area (Å²) < 4.78 is 56.8. The number of anilines is 1. The number of sulfonamides is 1. The highest BCUT2D eigenvalue weighted by Crippen LogP contribution is 2.22. The van der Waals surface area contributed by atoms with Gasteiger partial charge in [0.05, 0.1) is 11.9 Å². The number of carbonyl (C=O) groups is 1. The van der Waals surface area contributed by atoms with Gasteiger partial charge >= 0.3 is 12.1 Å². The van der Waals surface area contributed by atoms with Crippen molar-refractivity contribution in [2.24, 2.45) is 5.73 Å². The molecular formula is C14H21F3N2O4S. The Morgan fingerprint density at radius 3 is 2.17 bits per heavy atom. The van der Waals surface area contributed by atoms with E-state index in [1.54, 1.807) is 6.07 Å². The van der Waals surface area contributed by atoms with Crippen LogP contribution in [-0.4, -0.2) is 38.5 Å². The average Bonchev–Trinajstić information content (AvgIpc) is 2.46. The lowest BCUT2D eigenvalue weighted by Crippen LogP contribution is -2.31. The smallest absolute Gasteiger partial charge is 0.475 e. The number of para-hydroxylation sites is 1. The average molecular weight is 370 g/mol. The van der Waals surface area contributed by atoms with E-state index in [0.717, 1.165) is 18.4 Å². The Bertz CT molecular complexity index is 633. The molecule has 0 aliphatic rings. The normalized spacial score (nSPS) is 11.4. The lowest BCUT2D eigenvalue weighted by Gasteiger charge is -2.24. The maximum atomic E-state index is 11.8. The highest BCUT2D eigenvalue weighted by Gasteiger charge is 2.38. The van der Waals surface area contributed by atoms with E-state index in [0.29, 0.717) is 18.8 Å². The van der Waals surface area contributed by atoms with Crippen molar-refractivity contribution in [3.8, 4) is 0 Å². The highest BCUT2D eigenvalue weighted by molar-refractivity contribution is 7.92. The first kappa shape index (κ1) is 22.2. The summed E-state index contributed by atoms with van der Waals surface area (Å²) in [5, 5.41) is 7.12. The monoisotopic (exact) mass is 370 g/mol. The van der Waals surface area contributed by atoms with Crippen LogP contribution in [0.4, 0.5) is 18.9 Å². The van der Waals surface area contributed by atoms with Crippen molar-refractivity contribution >= 4 is 21.7 Å². The molecule has 6 nitrogen and oxygen atoms in total. The summed E-state index contributed by atoms with van der Waals surface area (Å²) in [6, 6.07) is 7.36. The molecule has 0 aliphatic carbocycles. The maximum Gasteiger partial charge on any atom is 0.490 e. The van der Waals surface area contributed by atoms with Gasteiger partial charge < -0.3 is 10.8 Å². The van der Waals surface area contributed by atoms with Gasteiger partial charge in [0.2, 0.25) is 10.0 Å². The van der Waals surface area contributed by atoms with Gasteiger partial charge in [0.15, 0.2) is 0 Å². The van der Waals surface area contributed by atoms with E-state index in [4.69, 9.17) is 15.6 Å². The van der Waals surface area contributed by atoms with E-state index in [1.165, 1.54) is 10.6 Å². The van der Waals surface area contributed by atoms with Gasteiger partial charge in [0.25, 0.3) is 0 Å². The number of alkyl halides is 3. The van der Waals surface area contributed by atoms with Crippen molar-refractivity contribution in [3.63, 3.8) is 0 Å². The molecule has 0 aliphatic heterocycles. The quantitative estimate of drug-likeness (QED) is 0.800. The molecule has 0 radical (unpaired) electrons. The molecule has 0 spiro atoms. The zero-order chi connectivity index (χ0) is 19.0. The van der Waals surface area contributed by atoms with Gasteiger partial charge in [0, 0.05) is 13.1 Å². The number of nitrogens with two attached hydrogens (primary N) is 1. The SMILES string of the molecule is CCCCN(c1ccccc1CN)S(C)(=O)=O.O=C(O)C(F)(F)F. The fourth-order valence-electron chi connectivity index (χ4n) is 1.69. The summed E-state index contributed by atoms with van der Waals surface area (Å²) in [5.41, 5.74) is 7.19. The summed E-state index contributed by atoms with van der Waals surface area (Å²) in [6.07, 6.45) is -2.06. The Morgan fingerprint density at radius 2 is 1.79 bits per heavy atom. The molecule has 1 rings (SSSR count). The Kier molecular flexibility index (Phi) is 8.76. The molecule has 0 bridgehead atoms. The molecule has 0 amide bonds. The number of halogens is 3. The lowest BCUT2D eigenvalue weighted by atomic mass is 10.1. The molecule has 0 atom stereocenters. The van der Waals surface area contributed by atoms with E-state index < -0.39 is 22.2 Å². The summed E-state index contributed by atoms with van der Waals surface area (Å²) in [4.78, 5) is 8.90. The van der Waals surface area contributed by atoms with E-state index in [1.807, 2.05) is 25.1 Å². The first-order chi connectivity index (χ1) is 10.9. The molecule has 0 saturated heterocycles. The predicted octanol–water partition coefficient (Wildman–Crippen LogP) is 2.34. The summed E-state index contributed by atoms with van der Waals surface area (Å²) in [6.45, 7) is 2.88. The Labute approximate surface area is 139 Å². The number of aliphatic carboxylic acids is 1. The number of unbranched alkanes of at least 4 members (excludes halogenated alkanes) is 1. The zero-order valence-electron chi connectivity index (χ0n) is 13.4. The number of carboxylic acid groups (broad SMARTS) is 1. The van der Waals surface area contributed by atoms with Gasteiger partial charge in [0.1, 0.15) is 0 Å². The predicted molar refractivity (Wildman–Crippen MR) is 85.1 cm³/mol. The van der Waals surface area contributed by atoms with E-state index >= 15 is 0 Å². The standard InChI is InChI=1S/C12H20N2O2S.C2HF3O2/c1-3-4-9-14(17(2,15)16)12-8-6-5-7-11(12)10-13;3-2(4,5)1(6)7/h5-8H,3-4,9-10,13H2,1-2H3;(H,6,7). The third kappa shape index (κ3) is 7.64. The number of carboxylic acids is 1. The second-order valence-electron chi connectivity index (χ2n) is 4.82. The third-order valence-electron chi connectivity index (χ3n) is 2.84. The van der Waals surface area contributed by atoms with Gasteiger partial charge in [-0.15, -0.1) is 0 Å². The molecule has 1 aromatic rings. The van der Waals surface area contributed by atoms with Crippen LogP contribution in [0.1, 0.15) is 25.3 Å². The molecule has 3 N–H and O–H groups in total. The van der Waals surface area contributed by atoms with Gasteiger partial charge in [-0.2, -0.15) is 13.2 Å². The fourth-order valence-corrected chi connectivity index (χ4v) is 2.69. The Morgan fingerprint density at radius 1 is 1.29 bits per heavy atom. The van der Waals surface area contributed by atoms with E-state index in [9.17, 15) is 21.6 Å². The lowest BCUT2D eigenvalue weighted by molar-refractivity contribution is -0.192. The Balaban J connectivity index is 0.000000640. The molecule has 138 valence electrons. The summed E-state index contributed by atoms with van der Waals surface area (Å²) in [5.74, 6) is -2.76. The first-order valence-electron chi connectivity index (χ1n) is 7.00. The van der Waals surface area contributed by atoms with Crippen LogP contribution >= 0.6 is 0 Å². The maximum absolute atomic E-state index is 11.8. The van der Waals surface area contributed by atoms with Gasteiger partial charge in [-0.25, -0.2) is 13.2 Å². The number of hydrogen-bond acceptors (Lipinski definition) is 4. The zero-order valence-corrected chi connectivity index (χ0v) is 14.2. The summed E-state index contributed by atoms with van der Waals surface area (Å²) in [7, 11) is -3.25. The van der Waals surface area contributed by atoms with E-state index in [-0.39, 0.29) is 0 Å². The van der Waals surface area contributed by atoms with Crippen LogP contribution in [0, 0.1) is 0 Å². The number of nitrogens with zero attached hydrogens (tertiary/aromatic N) is 1. The van der Waals surface area contributed by atoms with Crippen molar-refractivity contribution in [3.05, 3.63) is 29.8 Å². The van der Waals surface area contributed by atoms with Crippen molar-refractivity contribution in [2.75, 3.05) is 17.1 Å². The molecule has 24 heavy (non-hydrogen) atoms. The second-order valence-corrected chi connectivity index (χ2v) is 6.73. The van der Waals surface area contributed by atoms with Crippen molar-refractivity contribution in [1.82, 2.24) is 0 Å². The minimum absolute atomic E-state index is 0.342. The molecule has 10 heteroatoms. The van der Waals surface area contributed by atoms with Crippen LogP contribution < -0.4 is 10.0 Å².